The van der Waals surface area contributed by atoms with Gasteiger partial charge in [0.1, 0.15) is 0 Å². The Morgan fingerprint density at radius 2 is 2.13 bits per heavy atom. The first-order chi connectivity index (χ1) is 11.1. The fourth-order valence-corrected chi connectivity index (χ4v) is 3.18. The van der Waals surface area contributed by atoms with E-state index in [0.29, 0.717) is 21.2 Å². The Morgan fingerprint density at radius 1 is 1.26 bits per heavy atom. The SMILES string of the molecule is O=C(NC1CCNC1)c1ccc(Cl)c(NC(=O)c2cccs2)c1. The molecule has 0 saturated carbocycles. The Bertz CT molecular complexity index is 712. The summed E-state index contributed by atoms with van der Waals surface area (Å²) in [6.45, 7) is 1.69. The molecule has 1 atom stereocenters. The van der Waals surface area contributed by atoms with Gasteiger partial charge in [0.05, 0.1) is 15.6 Å². The third-order valence-electron chi connectivity index (χ3n) is 3.62. The number of thiophene rings is 1. The van der Waals surface area contributed by atoms with Gasteiger partial charge in [0, 0.05) is 18.2 Å². The number of rotatable bonds is 4. The van der Waals surface area contributed by atoms with E-state index < -0.39 is 0 Å². The van der Waals surface area contributed by atoms with Gasteiger partial charge >= 0.3 is 0 Å². The van der Waals surface area contributed by atoms with Crippen LogP contribution in [-0.4, -0.2) is 30.9 Å². The lowest BCUT2D eigenvalue weighted by Crippen LogP contribution is -2.36. The fourth-order valence-electron chi connectivity index (χ4n) is 2.40. The van der Waals surface area contributed by atoms with Crippen LogP contribution in [0.5, 0.6) is 0 Å². The zero-order valence-electron chi connectivity index (χ0n) is 12.3. The number of halogens is 1. The van der Waals surface area contributed by atoms with Crippen molar-refractivity contribution in [1.29, 1.82) is 0 Å². The average molecular weight is 350 g/mol. The third kappa shape index (κ3) is 3.90. The zero-order chi connectivity index (χ0) is 16.2. The van der Waals surface area contributed by atoms with E-state index in [0.717, 1.165) is 19.5 Å². The summed E-state index contributed by atoms with van der Waals surface area (Å²) in [5, 5.41) is 11.1. The summed E-state index contributed by atoms with van der Waals surface area (Å²) < 4.78 is 0. The van der Waals surface area contributed by atoms with Gasteiger partial charge in [-0.1, -0.05) is 17.7 Å². The van der Waals surface area contributed by atoms with Gasteiger partial charge in [0.15, 0.2) is 0 Å². The molecule has 2 amide bonds. The van der Waals surface area contributed by atoms with E-state index in [1.807, 2.05) is 5.38 Å². The second-order valence-electron chi connectivity index (χ2n) is 5.29. The van der Waals surface area contributed by atoms with Crippen molar-refractivity contribution in [3.63, 3.8) is 0 Å². The summed E-state index contributed by atoms with van der Waals surface area (Å²) in [4.78, 5) is 25.0. The van der Waals surface area contributed by atoms with E-state index in [1.54, 1.807) is 30.3 Å². The van der Waals surface area contributed by atoms with Crippen molar-refractivity contribution < 1.29 is 9.59 Å². The summed E-state index contributed by atoms with van der Waals surface area (Å²) in [5.74, 6) is -0.401. The quantitative estimate of drug-likeness (QED) is 0.795. The molecule has 3 N–H and O–H groups in total. The number of hydrogen-bond donors (Lipinski definition) is 3. The summed E-state index contributed by atoms with van der Waals surface area (Å²) in [6, 6.07) is 8.56. The highest BCUT2D eigenvalue weighted by atomic mass is 35.5. The highest BCUT2D eigenvalue weighted by Gasteiger charge is 2.18. The molecular weight excluding hydrogens is 334 g/mol. The molecule has 0 radical (unpaired) electrons. The monoisotopic (exact) mass is 349 g/mol. The number of amides is 2. The predicted octanol–water partition coefficient (Wildman–Crippen LogP) is 2.75. The maximum absolute atomic E-state index is 12.3. The van der Waals surface area contributed by atoms with Crippen molar-refractivity contribution in [2.24, 2.45) is 0 Å². The van der Waals surface area contributed by atoms with E-state index >= 15 is 0 Å². The Morgan fingerprint density at radius 3 is 2.83 bits per heavy atom. The Kier molecular flexibility index (Phi) is 4.95. The van der Waals surface area contributed by atoms with Gasteiger partial charge in [-0.3, -0.25) is 9.59 Å². The van der Waals surface area contributed by atoms with Crippen molar-refractivity contribution in [3.8, 4) is 0 Å². The van der Waals surface area contributed by atoms with Gasteiger partial charge < -0.3 is 16.0 Å². The molecule has 23 heavy (non-hydrogen) atoms. The van der Waals surface area contributed by atoms with Gasteiger partial charge in [0.25, 0.3) is 11.8 Å². The normalized spacial score (nSPS) is 17.0. The van der Waals surface area contributed by atoms with Crippen LogP contribution in [0.3, 0.4) is 0 Å². The molecule has 1 aromatic heterocycles. The predicted molar refractivity (Wildman–Crippen MR) is 92.5 cm³/mol. The number of benzene rings is 1. The Balaban J connectivity index is 1.73. The van der Waals surface area contributed by atoms with Gasteiger partial charge in [0.2, 0.25) is 0 Å². The molecule has 1 aromatic carbocycles. The molecule has 0 aliphatic carbocycles. The van der Waals surface area contributed by atoms with Crippen molar-refractivity contribution >= 4 is 40.4 Å². The molecule has 1 aliphatic rings. The molecule has 1 unspecified atom stereocenters. The van der Waals surface area contributed by atoms with Gasteiger partial charge in [-0.2, -0.15) is 0 Å². The largest absolute Gasteiger partial charge is 0.348 e. The van der Waals surface area contributed by atoms with Crippen LogP contribution in [0.1, 0.15) is 26.5 Å². The van der Waals surface area contributed by atoms with E-state index in [9.17, 15) is 9.59 Å². The topological polar surface area (TPSA) is 70.2 Å². The molecule has 0 bridgehead atoms. The summed E-state index contributed by atoms with van der Waals surface area (Å²) in [7, 11) is 0. The number of anilines is 1. The van der Waals surface area contributed by atoms with Crippen molar-refractivity contribution in [2.75, 3.05) is 18.4 Å². The number of carbonyl (C=O) groups is 2. The van der Waals surface area contributed by atoms with E-state index in [-0.39, 0.29) is 17.9 Å². The smallest absolute Gasteiger partial charge is 0.265 e. The summed E-state index contributed by atoms with van der Waals surface area (Å²) in [5.41, 5.74) is 0.907. The highest BCUT2D eigenvalue weighted by molar-refractivity contribution is 7.12. The van der Waals surface area contributed by atoms with Gasteiger partial charge in [-0.25, -0.2) is 0 Å². The van der Waals surface area contributed by atoms with Crippen LogP contribution in [0.4, 0.5) is 5.69 Å². The van der Waals surface area contributed by atoms with Gasteiger partial charge in [-0.05, 0) is 42.6 Å². The van der Waals surface area contributed by atoms with Crippen LogP contribution >= 0.6 is 22.9 Å². The second kappa shape index (κ2) is 7.12. The molecule has 2 heterocycles. The number of hydrogen-bond acceptors (Lipinski definition) is 4. The van der Waals surface area contributed by atoms with Crippen molar-refractivity contribution in [2.45, 2.75) is 12.5 Å². The highest BCUT2D eigenvalue weighted by Crippen LogP contribution is 2.24. The molecule has 5 nitrogen and oxygen atoms in total. The molecule has 120 valence electrons. The third-order valence-corrected chi connectivity index (χ3v) is 4.82. The molecule has 3 rings (SSSR count). The standard InChI is InChI=1S/C16H16ClN3O2S/c17-12-4-3-10(15(21)19-11-5-6-18-9-11)8-13(12)20-16(22)14-2-1-7-23-14/h1-4,7-8,11,18H,5-6,9H2,(H,19,21)(H,20,22). The minimum atomic E-state index is -0.237. The molecule has 1 saturated heterocycles. The van der Waals surface area contributed by atoms with Crippen LogP contribution in [0.25, 0.3) is 0 Å². The second-order valence-corrected chi connectivity index (χ2v) is 6.64. The van der Waals surface area contributed by atoms with Crippen LogP contribution in [0.15, 0.2) is 35.7 Å². The van der Waals surface area contributed by atoms with Crippen molar-refractivity contribution in [3.05, 3.63) is 51.2 Å². The van der Waals surface area contributed by atoms with Crippen molar-refractivity contribution in [1.82, 2.24) is 10.6 Å². The van der Waals surface area contributed by atoms with Gasteiger partial charge in [-0.15, -0.1) is 11.3 Å². The van der Waals surface area contributed by atoms with E-state index in [1.165, 1.54) is 11.3 Å². The lowest BCUT2D eigenvalue weighted by Gasteiger charge is -2.13. The molecule has 0 spiro atoms. The molecule has 1 aliphatic heterocycles. The van der Waals surface area contributed by atoms with Crippen LogP contribution < -0.4 is 16.0 Å². The molecule has 1 fully saturated rings. The van der Waals surface area contributed by atoms with E-state index in [2.05, 4.69) is 16.0 Å². The maximum Gasteiger partial charge on any atom is 0.265 e. The van der Waals surface area contributed by atoms with Crippen LogP contribution in [0.2, 0.25) is 5.02 Å². The molecule has 2 aromatic rings. The van der Waals surface area contributed by atoms with Crippen LogP contribution in [-0.2, 0) is 0 Å². The lowest BCUT2D eigenvalue weighted by atomic mass is 10.1. The number of nitrogens with one attached hydrogen (secondary N) is 3. The first-order valence-electron chi connectivity index (χ1n) is 7.29. The number of carbonyl (C=O) groups excluding carboxylic acids is 2. The minimum Gasteiger partial charge on any atom is -0.348 e. The Hall–Kier alpha value is -1.89. The lowest BCUT2D eigenvalue weighted by molar-refractivity contribution is 0.0939. The van der Waals surface area contributed by atoms with Crippen LogP contribution in [0, 0.1) is 0 Å². The zero-order valence-corrected chi connectivity index (χ0v) is 13.8. The fraction of sp³-hybridized carbons (Fsp3) is 0.250. The van der Waals surface area contributed by atoms with E-state index in [4.69, 9.17) is 11.6 Å². The minimum absolute atomic E-state index is 0.141. The first kappa shape index (κ1) is 16.0. The summed E-state index contributed by atoms with van der Waals surface area (Å²) in [6.07, 6.45) is 0.918. The molecular formula is C16H16ClN3O2S. The molecule has 7 heteroatoms. The average Bonchev–Trinajstić information content (AvgIpc) is 3.22. The first-order valence-corrected chi connectivity index (χ1v) is 8.55. The maximum atomic E-state index is 12.3. The Labute approximate surface area is 143 Å². The summed E-state index contributed by atoms with van der Waals surface area (Å²) >= 11 is 7.47.